The molecule has 2 heterocycles. The summed E-state index contributed by atoms with van der Waals surface area (Å²) in [5, 5.41) is 0.821. The first kappa shape index (κ1) is 22.9. The van der Waals surface area contributed by atoms with Crippen molar-refractivity contribution >= 4 is 40.3 Å². The fourth-order valence-electron chi connectivity index (χ4n) is 3.75. The molecule has 1 aliphatic rings. The van der Waals surface area contributed by atoms with Gasteiger partial charge in [0.05, 0.1) is 18.3 Å². The average molecular weight is 475 g/mol. The Bertz CT molecular complexity index is 1230. The molecule has 4 rings (SSSR count). The van der Waals surface area contributed by atoms with Gasteiger partial charge in [-0.3, -0.25) is 9.78 Å². The number of carbonyl (C=O) groups excluding carboxylic acids is 2. The van der Waals surface area contributed by atoms with Gasteiger partial charge in [-0.2, -0.15) is 13.2 Å². The van der Waals surface area contributed by atoms with Gasteiger partial charge < -0.3 is 9.64 Å². The predicted octanol–water partition coefficient (Wildman–Crippen LogP) is 5.60. The van der Waals surface area contributed by atoms with Crippen LogP contribution in [0.5, 0.6) is 5.75 Å². The second-order valence-corrected chi connectivity index (χ2v) is 9.10. The summed E-state index contributed by atoms with van der Waals surface area (Å²) in [6.07, 6.45) is 1.63. The number of hydrogen-bond acceptors (Lipinski definition) is 5. The van der Waals surface area contributed by atoms with Gasteiger partial charge >= 0.3 is 11.5 Å². The monoisotopic (exact) mass is 475 g/mol. The zero-order chi connectivity index (χ0) is 24.0. The molecule has 0 atom stereocenters. The van der Waals surface area contributed by atoms with Crippen molar-refractivity contribution in [1.29, 1.82) is 0 Å². The van der Waals surface area contributed by atoms with E-state index in [2.05, 4.69) is 4.98 Å². The summed E-state index contributed by atoms with van der Waals surface area (Å²) in [4.78, 5) is 33.2. The van der Waals surface area contributed by atoms with Crippen LogP contribution in [0.3, 0.4) is 0 Å². The zero-order valence-corrected chi connectivity index (χ0v) is 18.8. The van der Waals surface area contributed by atoms with Gasteiger partial charge in [0.15, 0.2) is 0 Å². The van der Waals surface area contributed by atoms with Crippen molar-refractivity contribution in [3.63, 3.8) is 0 Å². The Kier molecular flexibility index (Phi) is 5.73. The SMILES string of the molecule is COc1ccc2c(CN3C(=O)N(c4ccc(SC(F)(F)F)cc4)C(=O)C3(C)C)ccnc2c1. The summed E-state index contributed by atoms with van der Waals surface area (Å²) in [6.45, 7) is 3.45. The van der Waals surface area contributed by atoms with E-state index in [1.54, 1.807) is 45.4 Å². The quantitative estimate of drug-likeness (QED) is 0.355. The van der Waals surface area contributed by atoms with E-state index < -0.39 is 23.0 Å². The number of anilines is 1. The number of aromatic nitrogens is 1. The third-order valence-electron chi connectivity index (χ3n) is 5.52. The molecule has 33 heavy (non-hydrogen) atoms. The van der Waals surface area contributed by atoms with Gasteiger partial charge in [0.25, 0.3) is 5.91 Å². The number of fused-ring (bicyclic) bond motifs is 1. The highest BCUT2D eigenvalue weighted by Gasteiger charge is 2.51. The van der Waals surface area contributed by atoms with Gasteiger partial charge in [0, 0.05) is 29.1 Å². The second kappa shape index (κ2) is 8.26. The Morgan fingerprint density at radius 2 is 1.76 bits per heavy atom. The van der Waals surface area contributed by atoms with Crippen LogP contribution in [-0.2, 0) is 11.3 Å². The predicted molar refractivity (Wildman–Crippen MR) is 119 cm³/mol. The van der Waals surface area contributed by atoms with Crippen molar-refractivity contribution in [2.45, 2.75) is 36.3 Å². The Balaban J connectivity index is 1.64. The highest BCUT2D eigenvalue weighted by atomic mass is 32.2. The van der Waals surface area contributed by atoms with E-state index in [1.807, 2.05) is 6.07 Å². The van der Waals surface area contributed by atoms with Crippen LogP contribution >= 0.6 is 11.8 Å². The van der Waals surface area contributed by atoms with Gasteiger partial charge in [-0.25, -0.2) is 9.69 Å². The first-order chi connectivity index (χ1) is 15.5. The Morgan fingerprint density at radius 1 is 1.06 bits per heavy atom. The molecule has 1 saturated heterocycles. The molecule has 0 N–H and O–H groups in total. The summed E-state index contributed by atoms with van der Waals surface area (Å²) < 4.78 is 43.1. The van der Waals surface area contributed by atoms with Crippen LogP contribution in [-0.4, -0.2) is 40.0 Å². The number of hydrogen-bond donors (Lipinski definition) is 0. The van der Waals surface area contributed by atoms with Crippen LogP contribution in [0.4, 0.5) is 23.7 Å². The fourth-order valence-corrected chi connectivity index (χ4v) is 4.29. The lowest BCUT2D eigenvalue weighted by Gasteiger charge is -2.28. The maximum absolute atomic E-state index is 13.3. The molecule has 6 nitrogen and oxygen atoms in total. The lowest BCUT2D eigenvalue weighted by atomic mass is 10.0. The molecule has 0 radical (unpaired) electrons. The molecule has 1 fully saturated rings. The van der Waals surface area contributed by atoms with Crippen LogP contribution in [0.25, 0.3) is 10.9 Å². The Hall–Kier alpha value is -3.27. The molecule has 0 spiro atoms. The number of benzene rings is 2. The smallest absolute Gasteiger partial charge is 0.446 e. The molecular formula is C23H20F3N3O3S. The summed E-state index contributed by atoms with van der Waals surface area (Å²) in [5.74, 6) is 0.196. The number of nitrogens with zero attached hydrogens (tertiary/aromatic N) is 3. The van der Waals surface area contributed by atoms with Crippen molar-refractivity contribution in [2.24, 2.45) is 0 Å². The van der Waals surface area contributed by atoms with Crippen LogP contribution < -0.4 is 9.64 Å². The van der Waals surface area contributed by atoms with Gasteiger partial charge in [0.1, 0.15) is 11.3 Å². The van der Waals surface area contributed by atoms with E-state index >= 15 is 0 Å². The van der Waals surface area contributed by atoms with E-state index in [-0.39, 0.29) is 28.9 Å². The lowest BCUT2D eigenvalue weighted by molar-refractivity contribution is -0.123. The minimum atomic E-state index is -4.42. The minimum Gasteiger partial charge on any atom is -0.497 e. The minimum absolute atomic E-state index is 0.0276. The number of urea groups is 1. The molecule has 1 aromatic heterocycles. The number of carbonyl (C=O) groups is 2. The summed E-state index contributed by atoms with van der Waals surface area (Å²) in [7, 11) is 1.56. The van der Waals surface area contributed by atoms with Crippen LogP contribution in [0.15, 0.2) is 59.6 Å². The molecule has 0 bridgehead atoms. The molecular weight excluding hydrogens is 455 g/mol. The molecule has 3 amide bonds. The number of rotatable bonds is 5. The number of pyridine rings is 1. The zero-order valence-electron chi connectivity index (χ0n) is 18.0. The van der Waals surface area contributed by atoms with Crippen molar-refractivity contribution in [3.8, 4) is 5.75 Å². The summed E-state index contributed by atoms with van der Waals surface area (Å²) in [5.41, 5.74) is -3.86. The molecule has 2 aromatic carbocycles. The van der Waals surface area contributed by atoms with Crippen molar-refractivity contribution in [3.05, 3.63) is 60.3 Å². The Labute approximate surface area is 192 Å². The van der Waals surface area contributed by atoms with Crippen molar-refractivity contribution < 1.29 is 27.5 Å². The number of thioether (sulfide) groups is 1. The molecule has 3 aromatic rings. The van der Waals surface area contributed by atoms with Gasteiger partial charge in [0.2, 0.25) is 0 Å². The number of ether oxygens (including phenoxy) is 1. The molecule has 0 saturated carbocycles. The third-order valence-corrected chi connectivity index (χ3v) is 6.26. The second-order valence-electron chi connectivity index (χ2n) is 7.96. The lowest BCUT2D eigenvalue weighted by Crippen LogP contribution is -2.43. The van der Waals surface area contributed by atoms with E-state index in [9.17, 15) is 22.8 Å². The van der Waals surface area contributed by atoms with Crippen molar-refractivity contribution in [1.82, 2.24) is 9.88 Å². The number of methoxy groups -OCH3 is 1. The topological polar surface area (TPSA) is 62.7 Å². The Morgan fingerprint density at radius 3 is 2.39 bits per heavy atom. The van der Waals surface area contributed by atoms with E-state index in [1.165, 1.54) is 29.2 Å². The highest BCUT2D eigenvalue weighted by molar-refractivity contribution is 8.00. The van der Waals surface area contributed by atoms with Gasteiger partial charge in [-0.15, -0.1) is 0 Å². The number of imide groups is 1. The van der Waals surface area contributed by atoms with E-state index in [4.69, 9.17) is 4.74 Å². The van der Waals surface area contributed by atoms with Crippen molar-refractivity contribution in [2.75, 3.05) is 12.0 Å². The van der Waals surface area contributed by atoms with Crippen LogP contribution in [0.2, 0.25) is 0 Å². The first-order valence-corrected chi connectivity index (χ1v) is 10.8. The average Bonchev–Trinajstić information content (AvgIpc) is 2.92. The van der Waals surface area contributed by atoms with Crippen LogP contribution in [0, 0.1) is 0 Å². The highest BCUT2D eigenvalue weighted by Crippen LogP contribution is 2.39. The molecule has 10 heteroatoms. The fraction of sp³-hybridized carbons (Fsp3) is 0.261. The maximum Gasteiger partial charge on any atom is 0.446 e. The molecule has 0 unspecified atom stereocenters. The molecule has 1 aliphatic heterocycles. The van der Waals surface area contributed by atoms with Gasteiger partial charge in [-0.05, 0) is 73.6 Å². The molecule has 0 aliphatic carbocycles. The normalized spacial score (nSPS) is 16.1. The van der Waals surface area contributed by atoms with Gasteiger partial charge in [-0.1, -0.05) is 0 Å². The number of alkyl halides is 3. The summed E-state index contributed by atoms with van der Waals surface area (Å²) >= 11 is -0.254. The number of amides is 3. The third kappa shape index (κ3) is 4.35. The first-order valence-electron chi connectivity index (χ1n) is 9.95. The van der Waals surface area contributed by atoms with E-state index in [0.29, 0.717) is 11.3 Å². The molecule has 172 valence electrons. The van der Waals surface area contributed by atoms with Crippen LogP contribution in [0.1, 0.15) is 19.4 Å². The summed E-state index contributed by atoms with van der Waals surface area (Å²) in [6, 6.07) is 11.8. The van der Waals surface area contributed by atoms with E-state index in [0.717, 1.165) is 15.8 Å². The standard InChI is InChI=1S/C23H20F3N3O3S/c1-22(2)20(30)29(15-4-7-17(8-5-15)33-23(24,25)26)21(31)28(22)13-14-10-11-27-19-12-16(32-3)6-9-18(14)19/h4-12H,13H2,1-3H3. The maximum atomic E-state index is 13.3. The number of halogens is 3. The largest absolute Gasteiger partial charge is 0.497 e.